The lowest BCUT2D eigenvalue weighted by atomic mass is 9.82. The summed E-state index contributed by atoms with van der Waals surface area (Å²) in [7, 11) is 0. The Labute approximate surface area is 158 Å². The predicted octanol–water partition coefficient (Wildman–Crippen LogP) is 3.21. The first-order valence-corrected chi connectivity index (χ1v) is 10.3. The Morgan fingerprint density at radius 1 is 1.35 bits per heavy atom. The van der Waals surface area contributed by atoms with E-state index >= 15 is 0 Å². The molecule has 2 atom stereocenters. The van der Waals surface area contributed by atoms with Gasteiger partial charge in [0.1, 0.15) is 0 Å². The van der Waals surface area contributed by atoms with Crippen LogP contribution in [-0.4, -0.2) is 53.6 Å². The summed E-state index contributed by atoms with van der Waals surface area (Å²) in [6, 6.07) is 3.77. The van der Waals surface area contributed by atoms with Crippen LogP contribution in [-0.2, 0) is 0 Å². The van der Waals surface area contributed by atoms with Gasteiger partial charge in [-0.1, -0.05) is 24.8 Å². The number of nitrogens with one attached hydrogen (secondary N) is 1. The van der Waals surface area contributed by atoms with Gasteiger partial charge in [-0.15, -0.1) is 0 Å². The van der Waals surface area contributed by atoms with Gasteiger partial charge in [-0.2, -0.15) is 5.26 Å². The molecular weight excluding hydrogens is 320 g/mol. The van der Waals surface area contributed by atoms with E-state index in [-0.39, 0.29) is 5.54 Å². The van der Waals surface area contributed by atoms with Crippen LogP contribution in [0, 0.1) is 17.2 Å². The van der Waals surface area contributed by atoms with Crippen molar-refractivity contribution in [2.75, 3.05) is 26.2 Å². The molecule has 0 aromatic heterocycles. The zero-order valence-electron chi connectivity index (χ0n) is 16.1. The van der Waals surface area contributed by atoms with Gasteiger partial charge in [-0.05, 0) is 44.6 Å². The number of hydrogen-bond acceptors (Lipinski definition) is 4. The summed E-state index contributed by atoms with van der Waals surface area (Å²) >= 11 is 0. The van der Waals surface area contributed by atoms with Gasteiger partial charge in [0.15, 0.2) is 0 Å². The fraction of sp³-hybridized carbons (Fsp3) is 0.682. The molecule has 0 aromatic rings. The normalized spacial score (nSPS) is 31.1. The SMILES string of the molecule is C=C(C)N1CC(CC#N)(N2CCC(NC3CC3C3=CCCC=C3)CC2)C1. The summed E-state index contributed by atoms with van der Waals surface area (Å²) in [5.74, 6) is 0.755. The van der Waals surface area contributed by atoms with E-state index < -0.39 is 0 Å². The van der Waals surface area contributed by atoms with Gasteiger partial charge < -0.3 is 10.2 Å². The molecule has 0 bridgehead atoms. The Kier molecular flexibility index (Phi) is 4.94. The number of likely N-dealkylation sites (tertiary alicyclic amines) is 2. The van der Waals surface area contributed by atoms with Crippen LogP contribution in [0.5, 0.6) is 0 Å². The van der Waals surface area contributed by atoms with E-state index in [0.717, 1.165) is 37.8 Å². The standard InChI is InChI=1S/C22H32N4/c1-17(2)25-15-22(16-25,10-11-23)26-12-8-19(9-13-26)24-21-14-20(21)18-6-4-3-5-7-18/h4,6-7,19-21,24H,1,3,5,8-10,12-16H2,2H3. The summed E-state index contributed by atoms with van der Waals surface area (Å²) < 4.78 is 0. The second kappa shape index (κ2) is 7.21. The highest BCUT2D eigenvalue weighted by Crippen LogP contribution is 2.40. The molecule has 2 aliphatic heterocycles. The molecular formula is C22H32N4. The highest BCUT2D eigenvalue weighted by molar-refractivity contribution is 5.31. The van der Waals surface area contributed by atoms with Gasteiger partial charge in [0.2, 0.25) is 0 Å². The van der Waals surface area contributed by atoms with Crippen molar-refractivity contribution in [2.24, 2.45) is 5.92 Å². The Morgan fingerprint density at radius 3 is 2.73 bits per heavy atom. The van der Waals surface area contributed by atoms with Gasteiger partial charge in [-0.3, -0.25) is 4.90 Å². The molecule has 0 aromatic carbocycles. The number of nitrogens with zero attached hydrogens (tertiary/aromatic N) is 3. The number of rotatable bonds is 6. The molecule has 0 radical (unpaired) electrons. The first-order valence-electron chi connectivity index (χ1n) is 10.3. The minimum Gasteiger partial charge on any atom is -0.372 e. The first-order chi connectivity index (χ1) is 12.6. The molecule has 0 spiro atoms. The Hall–Kier alpha value is -1.57. The zero-order chi connectivity index (χ0) is 18.1. The van der Waals surface area contributed by atoms with Crippen molar-refractivity contribution in [1.82, 2.24) is 15.1 Å². The van der Waals surface area contributed by atoms with E-state index in [1.165, 1.54) is 32.1 Å². The second-order valence-electron chi connectivity index (χ2n) is 8.71. The van der Waals surface area contributed by atoms with Crippen molar-refractivity contribution in [3.8, 4) is 6.07 Å². The van der Waals surface area contributed by atoms with Crippen LogP contribution >= 0.6 is 0 Å². The number of hydrogen-bond donors (Lipinski definition) is 1. The molecule has 2 unspecified atom stereocenters. The molecule has 2 heterocycles. The molecule has 4 heteroatoms. The summed E-state index contributed by atoms with van der Waals surface area (Å²) in [5, 5.41) is 13.2. The lowest BCUT2D eigenvalue weighted by molar-refractivity contribution is -0.0472. The molecule has 26 heavy (non-hydrogen) atoms. The molecule has 3 fully saturated rings. The number of allylic oxidation sites excluding steroid dienone is 4. The monoisotopic (exact) mass is 352 g/mol. The predicted molar refractivity (Wildman–Crippen MR) is 105 cm³/mol. The van der Waals surface area contributed by atoms with Crippen molar-refractivity contribution < 1.29 is 0 Å². The lowest BCUT2D eigenvalue weighted by Gasteiger charge is -2.57. The van der Waals surface area contributed by atoms with Gasteiger partial charge in [0, 0.05) is 49.9 Å². The molecule has 2 saturated heterocycles. The maximum absolute atomic E-state index is 9.31. The fourth-order valence-electron chi connectivity index (χ4n) is 4.98. The van der Waals surface area contributed by atoms with Crippen LogP contribution in [0.15, 0.2) is 36.1 Å². The van der Waals surface area contributed by atoms with E-state index in [9.17, 15) is 5.26 Å². The zero-order valence-corrected chi connectivity index (χ0v) is 16.1. The maximum Gasteiger partial charge on any atom is 0.0690 e. The van der Waals surface area contributed by atoms with Crippen molar-refractivity contribution in [2.45, 2.75) is 63.1 Å². The lowest BCUT2D eigenvalue weighted by Crippen LogP contribution is -2.70. The summed E-state index contributed by atoms with van der Waals surface area (Å²) in [5.41, 5.74) is 2.76. The first kappa shape index (κ1) is 17.8. The van der Waals surface area contributed by atoms with Crippen LogP contribution in [0.3, 0.4) is 0 Å². The van der Waals surface area contributed by atoms with Crippen LogP contribution in [0.25, 0.3) is 0 Å². The summed E-state index contributed by atoms with van der Waals surface area (Å²) in [6.45, 7) is 10.3. The van der Waals surface area contributed by atoms with Crippen LogP contribution in [0.2, 0.25) is 0 Å². The highest BCUT2D eigenvalue weighted by atomic mass is 15.4. The van der Waals surface area contributed by atoms with Crippen molar-refractivity contribution in [3.63, 3.8) is 0 Å². The van der Waals surface area contributed by atoms with E-state index in [0.29, 0.717) is 18.5 Å². The van der Waals surface area contributed by atoms with Crippen molar-refractivity contribution in [3.05, 3.63) is 36.1 Å². The largest absolute Gasteiger partial charge is 0.372 e. The Balaban J connectivity index is 1.25. The third-order valence-corrected chi connectivity index (χ3v) is 6.78. The van der Waals surface area contributed by atoms with Crippen LogP contribution in [0.4, 0.5) is 0 Å². The van der Waals surface area contributed by atoms with E-state index in [1.807, 2.05) is 0 Å². The summed E-state index contributed by atoms with van der Waals surface area (Å²) in [4.78, 5) is 4.90. The molecule has 2 aliphatic carbocycles. The Bertz CT molecular complexity index is 642. The maximum atomic E-state index is 9.31. The quantitative estimate of drug-likeness (QED) is 0.797. The second-order valence-corrected chi connectivity index (χ2v) is 8.71. The molecule has 1 saturated carbocycles. The molecule has 1 N–H and O–H groups in total. The fourth-order valence-corrected chi connectivity index (χ4v) is 4.98. The molecule has 0 amide bonds. The third-order valence-electron chi connectivity index (χ3n) is 6.78. The minimum absolute atomic E-state index is 0.0679. The van der Waals surface area contributed by atoms with E-state index in [4.69, 9.17) is 0 Å². The molecule has 140 valence electrons. The number of nitriles is 1. The molecule has 4 nitrogen and oxygen atoms in total. The van der Waals surface area contributed by atoms with Crippen molar-refractivity contribution >= 4 is 0 Å². The molecule has 4 aliphatic rings. The molecule has 4 rings (SSSR count). The smallest absolute Gasteiger partial charge is 0.0690 e. The van der Waals surface area contributed by atoms with Gasteiger partial charge in [-0.25, -0.2) is 0 Å². The Morgan fingerprint density at radius 2 is 2.12 bits per heavy atom. The average Bonchev–Trinajstić information content (AvgIpc) is 3.38. The van der Waals surface area contributed by atoms with E-state index in [2.05, 4.69) is 52.9 Å². The van der Waals surface area contributed by atoms with Crippen LogP contribution in [0.1, 0.15) is 45.4 Å². The average molecular weight is 353 g/mol. The number of piperidine rings is 1. The van der Waals surface area contributed by atoms with Crippen molar-refractivity contribution in [1.29, 1.82) is 5.26 Å². The van der Waals surface area contributed by atoms with E-state index in [1.54, 1.807) is 5.57 Å². The van der Waals surface area contributed by atoms with Gasteiger partial charge in [0.05, 0.1) is 18.0 Å². The van der Waals surface area contributed by atoms with Gasteiger partial charge in [0.25, 0.3) is 0 Å². The summed E-state index contributed by atoms with van der Waals surface area (Å²) in [6.07, 6.45) is 13.9. The minimum atomic E-state index is 0.0679. The third kappa shape index (κ3) is 3.48. The van der Waals surface area contributed by atoms with Crippen LogP contribution < -0.4 is 5.32 Å². The van der Waals surface area contributed by atoms with Gasteiger partial charge >= 0.3 is 0 Å². The topological polar surface area (TPSA) is 42.3 Å². The highest BCUT2D eigenvalue weighted by Gasteiger charge is 2.48.